The van der Waals surface area contributed by atoms with Crippen molar-refractivity contribution in [2.45, 2.75) is 78.7 Å². The Balaban J connectivity index is 3.10. The summed E-state index contributed by atoms with van der Waals surface area (Å²) < 4.78 is 0. The van der Waals surface area contributed by atoms with E-state index in [-0.39, 0.29) is 0 Å². The molecule has 15 heavy (non-hydrogen) atoms. The molecule has 0 aliphatic heterocycles. The van der Waals surface area contributed by atoms with Crippen LogP contribution in [0.1, 0.15) is 72.6 Å². The van der Waals surface area contributed by atoms with Gasteiger partial charge in [-0.25, -0.2) is 0 Å². The summed E-state index contributed by atoms with van der Waals surface area (Å²) in [5, 5.41) is 3.62. The van der Waals surface area contributed by atoms with Crippen molar-refractivity contribution in [3.63, 3.8) is 0 Å². The Bertz CT molecular complexity index is 117. The zero-order chi connectivity index (χ0) is 11.5. The normalized spacial score (nSPS) is 11.6. The maximum Gasteiger partial charge on any atom is 0.00618 e. The van der Waals surface area contributed by atoms with E-state index in [1.165, 1.54) is 51.5 Å². The molecule has 0 spiro atoms. The highest BCUT2D eigenvalue weighted by Crippen LogP contribution is 2.09. The lowest BCUT2D eigenvalue weighted by Gasteiger charge is -2.14. The number of rotatable bonds is 10. The third-order valence-electron chi connectivity index (χ3n) is 3.13. The predicted molar refractivity (Wildman–Crippen MR) is 70.3 cm³/mol. The van der Waals surface area contributed by atoms with Gasteiger partial charge in [0.05, 0.1) is 0 Å². The van der Waals surface area contributed by atoms with E-state index in [0.29, 0.717) is 0 Å². The van der Waals surface area contributed by atoms with Crippen molar-refractivity contribution in [2.24, 2.45) is 5.92 Å². The Morgan fingerprint density at radius 3 is 2.00 bits per heavy atom. The molecule has 0 aromatic rings. The first-order valence-electron chi connectivity index (χ1n) is 6.94. The molecule has 0 heterocycles. The van der Waals surface area contributed by atoms with Crippen LogP contribution in [0, 0.1) is 5.92 Å². The van der Waals surface area contributed by atoms with Crippen LogP contribution in [-0.2, 0) is 0 Å². The van der Waals surface area contributed by atoms with Crippen LogP contribution in [0.4, 0.5) is 0 Å². The average molecular weight is 213 g/mol. The summed E-state index contributed by atoms with van der Waals surface area (Å²) in [6.45, 7) is 10.4. The number of unbranched alkanes of at least 4 members (excludes halogenated alkanes) is 3. The molecule has 0 aliphatic carbocycles. The van der Waals surface area contributed by atoms with E-state index in [1.807, 2.05) is 0 Å². The summed E-state index contributed by atoms with van der Waals surface area (Å²) in [5.74, 6) is 0.882. The molecular weight excluding hydrogens is 182 g/mol. The molecule has 0 unspecified atom stereocenters. The molecule has 0 aliphatic rings. The molecule has 0 radical (unpaired) electrons. The molecule has 0 saturated carbocycles. The van der Waals surface area contributed by atoms with Crippen LogP contribution in [0.3, 0.4) is 0 Å². The molecule has 0 amide bonds. The molecule has 0 bridgehead atoms. The van der Waals surface area contributed by atoms with E-state index in [9.17, 15) is 0 Å². The number of hydrogen-bond acceptors (Lipinski definition) is 1. The molecule has 0 aromatic heterocycles. The SMILES string of the molecule is CCC(CC)NCCCCCCC(C)C. The first-order chi connectivity index (χ1) is 7.20. The van der Waals surface area contributed by atoms with Gasteiger partial charge in [0.15, 0.2) is 0 Å². The van der Waals surface area contributed by atoms with Gasteiger partial charge < -0.3 is 5.32 Å². The highest BCUT2D eigenvalue weighted by molar-refractivity contribution is 4.61. The standard InChI is InChI=1S/C14H31N/c1-5-14(6-2)15-12-10-8-7-9-11-13(3)4/h13-15H,5-12H2,1-4H3. The smallest absolute Gasteiger partial charge is 0.00618 e. The Hall–Kier alpha value is -0.0400. The predicted octanol–water partition coefficient (Wildman–Crippen LogP) is 4.37. The second-order valence-electron chi connectivity index (χ2n) is 5.06. The van der Waals surface area contributed by atoms with Crippen LogP contribution in [-0.4, -0.2) is 12.6 Å². The quantitative estimate of drug-likeness (QED) is 0.531. The van der Waals surface area contributed by atoms with E-state index in [4.69, 9.17) is 0 Å². The molecular formula is C14H31N. The van der Waals surface area contributed by atoms with Crippen LogP contribution < -0.4 is 5.32 Å². The van der Waals surface area contributed by atoms with Crippen molar-refractivity contribution in [3.05, 3.63) is 0 Å². The van der Waals surface area contributed by atoms with E-state index < -0.39 is 0 Å². The Morgan fingerprint density at radius 2 is 1.47 bits per heavy atom. The fourth-order valence-corrected chi connectivity index (χ4v) is 1.91. The molecule has 1 heteroatoms. The van der Waals surface area contributed by atoms with Crippen LogP contribution in [0.5, 0.6) is 0 Å². The minimum atomic E-state index is 0.751. The van der Waals surface area contributed by atoms with Crippen molar-refractivity contribution < 1.29 is 0 Å². The van der Waals surface area contributed by atoms with Gasteiger partial charge in [0, 0.05) is 6.04 Å². The molecule has 0 saturated heterocycles. The zero-order valence-corrected chi connectivity index (χ0v) is 11.3. The molecule has 0 atom stereocenters. The summed E-state index contributed by atoms with van der Waals surface area (Å²) in [6.07, 6.45) is 9.54. The summed E-state index contributed by atoms with van der Waals surface area (Å²) in [7, 11) is 0. The summed E-state index contributed by atoms with van der Waals surface area (Å²) >= 11 is 0. The second-order valence-corrected chi connectivity index (χ2v) is 5.06. The van der Waals surface area contributed by atoms with Crippen LogP contribution in [0.2, 0.25) is 0 Å². The average Bonchev–Trinajstić information content (AvgIpc) is 2.22. The van der Waals surface area contributed by atoms with Crippen molar-refractivity contribution in [1.82, 2.24) is 5.32 Å². The van der Waals surface area contributed by atoms with Gasteiger partial charge in [-0.1, -0.05) is 53.4 Å². The lowest BCUT2D eigenvalue weighted by Crippen LogP contribution is -2.28. The van der Waals surface area contributed by atoms with Crippen molar-refractivity contribution in [2.75, 3.05) is 6.54 Å². The fraction of sp³-hybridized carbons (Fsp3) is 1.00. The summed E-state index contributed by atoms with van der Waals surface area (Å²) in [4.78, 5) is 0. The van der Waals surface area contributed by atoms with Gasteiger partial charge >= 0.3 is 0 Å². The molecule has 0 aromatic carbocycles. The first-order valence-corrected chi connectivity index (χ1v) is 6.94. The third-order valence-corrected chi connectivity index (χ3v) is 3.13. The Morgan fingerprint density at radius 1 is 0.867 bits per heavy atom. The minimum Gasteiger partial charge on any atom is -0.314 e. The lowest BCUT2D eigenvalue weighted by molar-refractivity contribution is 0.461. The Labute approximate surface area is 97.0 Å². The first kappa shape index (κ1) is 15.0. The summed E-state index contributed by atoms with van der Waals surface area (Å²) in [5.41, 5.74) is 0. The molecule has 0 fully saturated rings. The van der Waals surface area contributed by atoms with Gasteiger partial charge in [-0.3, -0.25) is 0 Å². The molecule has 1 N–H and O–H groups in total. The maximum atomic E-state index is 3.62. The van der Waals surface area contributed by atoms with E-state index in [1.54, 1.807) is 0 Å². The minimum absolute atomic E-state index is 0.751. The maximum absolute atomic E-state index is 3.62. The van der Waals surface area contributed by atoms with E-state index in [2.05, 4.69) is 33.0 Å². The molecule has 0 rings (SSSR count). The second kappa shape index (κ2) is 10.5. The number of hydrogen-bond donors (Lipinski definition) is 1. The molecule has 1 nitrogen and oxygen atoms in total. The van der Waals surface area contributed by atoms with E-state index in [0.717, 1.165) is 12.0 Å². The van der Waals surface area contributed by atoms with Gasteiger partial charge in [0.1, 0.15) is 0 Å². The van der Waals surface area contributed by atoms with Gasteiger partial charge in [0.2, 0.25) is 0 Å². The highest BCUT2D eigenvalue weighted by Gasteiger charge is 2.00. The van der Waals surface area contributed by atoms with Gasteiger partial charge in [-0.15, -0.1) is 0 Å². The van der Waals surface area contributed by atoms with Crippen LogP contribution >= 0.6 is 0 Å². The largest absolute Gasteiger partial charge is 0.314 e. The number of nitrogens with one attached hydrogen (secondary N) is 1. The topological polar surface area (TPSA) is 12.0 Å². The monoisotopic (exact) mass is 213 g/mol. The summed E-state index contributed by atoms with van der Waals surface area (Å²) in [6, 6.07) is 0.751. The van der Waals surface area contributed by atoms with E-state index >= 15 is 0 Å². The highest BCUT2D eigenvalue weighted by atomic mass is 14.9. The van der Waals surface area contributed by atoms with Crippen molar-refractivity contribution >= 4 is 0 Å². The Kier molecular flexibility index (Phi) is 10.4. The lowest BCUT2D eigenvalue weighted by atomic mass is 10.0. The van der Waals surface area contributed by atoms with Crippen LogP contribution in [0.15, 0.2) is 0 Å². The fourth-order valence-electron chi connectivity index (χ4n) is 1.91. The van der Waals surface area contributed by atoms with Crippen molar-refractivity contribution in [1.29, 1.82) is 0 Å². The molecule has 92 valence electrons. The van der Waals surface area contributed by atoms with Gasteiger partial charge in [-0.2, -0.15) is 0 Å². The van der Waals surface area contributed by atoms with Gasteiger partial charge in [0.25, 0.3) is 0 Å². The van der Waals surface area contributed by atoms with Crippen LogP contribution in [0.25, 0.3) is 0 Å². The third kappa shape index (κ3) is 10.2. The van der Waals surface area contributed by atoms with Gasteiger partial charge in [-0.05, 0) is 31.7 Å². The van der Waals surface area contributed by atoms with Crippen molar-refractivity contribution in [3.8, 4) is 0 Å². The zero-order valence-electron chi connectivity index (χ0n) is 11.3.